The molecule has 1 unspecified atom stereocenters. The Morgan fingerprint density at radius 3 is 2.55 bits per heavy atom. The van der Waals surface area contributed by atoms with Crippen LogP contribution in [0, 0.1) is 11.6 Å². The van der Waals surface area contributed by atoms with Gasteiger partial charge in [0.15, 0.2) is 5.11 Å². The third-order valence-corrected chi connectivity index (χ3v) is 2.95. The number of benzene rings is 1. The topological polar surface area (TPSA) is 37.0 Å². The van der Waals surface area contributed by atoms with E-state index in [1.165, 1.54) is 12.1 Å². The number of nitrogens with one attached hydrogen (secondary N) is 2. The van der Waals surface area contributed by atoms with E-state index in [2.05, 4.69) is 15.6 Å². The molecule has 2 N–H and O–H groups in total. The summed E-state index contributed by atoms with van der Waals surface area (Å²) in [6.45, 7) is 1.92. The molecule has 20 heavy (non-hydrogen) atoms. The fraction of sp³-hybridized carbons (Fsp3) is 0.143. The summed E-state index contributed by atoms with van der Waals surface area (Å²) in [7, 11) is 0. The summed E-state index contributed by atoms with van der Waals surface area (Å²) in [6.07, 6.45) is 3.37. The van der Waals surface area contributed by atoms with Crippen molar-refractivity contribution >= 4 is 23.0 Å². The van der Waals surface area contributed by atoms with Gasteiger partial charge in [0.05, 0.1) is 11.7 Å². The Bertz CT molecular complexity index is 605. The van der Waals surface area contributed by atoms with Crippen LogP contribution in [0.15, 0.2) is 42.7 Å². The molecular weight excluding hydrogens is 280 g/mol. The molecule has 104 valence electrons. The second-order valence-corrected chi connectivity index (χ2v) is 4.63. The number of pyridine rings is 1. The van der Waals surface area contributed by atoms with Crippen molar-refractivity contribution in [1.82, 2.24) is 10.3 Å². The maximum Gasteiger partial charge on any atom is 0.171 e. The van der Waals surface area contributed by atoms with E-state index in [4.69, 9.17) is 12.2 Å². The highest BCUT2D eigenvalue weighted by atomic mass is 32.1. The summed E-state index contributed by atoms with van der Waals surface area (Å²) in [5.41, 5.74) is 1.13. The highest BCUT2D eigenvalue weighted by Gasteiger charge is 2.09. The quantitative estimate of drug-likeness (QED) is 0.850. The van der Waals surface area contributed by atoms with Crippen molar-refractivity contribution in [3.63, 3.8) is 0 Å². The smallest absolute Gasteiger partial charge is 0.171 e. The van der Waals surface area contributed by atoms with Gasteiger partial charge < -0.3 is 10.6 Å². The minimum atomic E-state index is -0.689. The third-order valence-electron chi connectivity index (χ3n) is 2.73. The zero-order chi connectivity index (χ0) is 14.5. The lowest BCUT2D eigenvalue weighted by Gasteiger charge is -2.17. The van der Waals surface area contributed by atoms with Gasteiger partial charge in [0.25, 0.3) is 0 Å². The molecule has 0 fully saturated rings. The fourth-order valence-electron chi connectivity index (χ4n) is 1.68. The van der Waals surface area contributed by atoms with Crippen molar-refractivity contribution in [2.75, 3.05) is 5.32 Å². The van der Waals surface area contributed by atoms with Gasteiger partial charge in [-0.3, -0.25) is 4.98 Å². The van der Waals surface area contributed by atoms with Crippen molar-refractivity contribution in [2.24, 2.45) is 0 Å². The van der Waals surface area contributed by atoms with Gasteiger partial charge in [-0.15, -0.1) is 0 Å². The number of nitrogens with zero attached hydrogens (tertiary/aromatic N) is 1. The number of hydrogen-bond acceptors (Lipinski definition) is 2. The lowest BCUT2D eigenvalue weighted by molar-refractivity contribution is 0.586. The van der Waals surface area contributed by atoms with Gasteiger partial charge in [-0.05, 0) is 49.0 Å². The molecule has 0 spiro atoms. The second kappa shape index (κ2) is 6.38. The van der Waals surface area contributed by atoms with Gasteiger partial charge in [0, 0.05) is 18.5 Å². The average Bonchev–Trinajstić information content (AvgIpc) is 2.43. The lowest BCUT2D eigenvalue weighted by atomic mass is 10.1. The molecule has 3 nitrogen and oxygen atoms in total. The first-order valence-corrected chi connectivity index (χ1v) is 6.39. The molecule has 0 radical (unpaired) electrons. The Kier molecular flexibility index (Phi) is 4.57. The molecule has 0 aliphatic carbocycles. The first kappa shape index (κ1) is 14.3. The van der Waals surface area contributed by atoms with Gasteiger partial charge in [-0.2, -0.15) is 0 Å². The van der Waals surface area contributed by atoms with E-state index < -0.39 is 11.6 Å². The van der Waals surface area contributed by atoms with Crippen molar-refractivity contribution < 1.29 is 8.78 Å². The molecule has 1 atom stereocenters. The number of halogens is 2. The van der Waals surface area contributed by atoms with E-state index in [-0.39, 0.29) is 16.8 Å². The van der Waals surface area contributed by atoms with Crippen LogP contribution in [0.5, 0.6) is 0 Å². The van der Waals surface area contributed by atoms with E-state index in [1.54, 1.807) is 12.4 Å². The van der Waals surface area contributed by atoms with Crippen molar-refractivity contribution in [3.8, 4) is 0 Å². The second-order valence-electron chi connectivity index (χ2n) is 4.22. The van der Waals surface area contributed by atoms with E-state index in [9.17, 15) is 8.78 Å². The molecule has 6 heteroatoms. The Morgan fingerprint density at radius 2 is 1.90 bits per heavy atom. The van der Waals surface area contributed by atoms with Crippen molar-refractivity contribution in [3.05, 3.63) is 59.9 Å². The predicted octanol–water partition coefficient (Wildman–Crippen LogP) is 3.41. The van der Waals surface area contributed by atoms with E-state index >= 15 is 0 Å². The summed E-state index contributed by atoms with van der Waals surface area (Å²) in [5.74, 6) is -1.32. The zero-order valence-electron chi connectivity index (χ0n) is 10.7. The molecular formula is C14H13F2N3S. The molecule has 0 saturated heterocycles. The Morgan fingerprint density at radius 1 is 1.20 bits per heavy atom. The van der Waals surface area contributed by atoms with Crippen molar-refractivity contribution in [2.45, 2.75) is 13.0 Å². The van der Waals surface area contributed by atoms with E-state index in [0.29, 0.717) is 0 Å². The van der Waals surface area contributed by atoms with Gasteiger partial charge in [0.1, 0.15) is 11.6 Å². The number of thiocarbonyl (C=S) groups is 1. The van der Waals surface area contributed by atoms with Crippen LogP contribution in [0.1, 0.15) is 18.5 Å². The summed E-state index contributed by atoms with van der Waals surface area (Å²) in [6, 6.07) is 6.94. The Balaban J connectivity index is 1.99. The summed E-state index contributed by atoms with van der Waals surface area (Å²) >= 11 is 5.11. The number of rotatable bonds is 3. The SMILES string of the molecule is CC(NC(=S)Nc1ccc(F)cc1F)c1ccncc1. The molecule has 1 heterocycles. The van der Waals surface area contributed by atoms with E-state index in [1.807, 2.05) is 19.1 Å². The fourth-order valence-corrected chi connectivity index (χ4v) is 1.97. The Labute approximate surface area is 121 Å². The standard InChI is InChI=1S/C14H13F2N3S/c1-9(10-4-6-17-7-5-10)18-14(20)19-13-3-2-11(15)8-12(13)16/h2-9H,1H3,(H2,18,19,20). The van der Waals surface area contributed by atoms with E-state index in [0.717, 1.165) is 11.6 Å². The molecule has 0 saturated carbocycles. The first-order chi connectivity index (χ1) is 9.56. The maximum absolute atomic E-state index is 13.5. The molecule has 0 bridgehead atoms. The molecule has 2 rings (SSSR count). The van der Waals surface area contributed by atoms with Crippen molar-refractivity contribution in [1.29, 1.82) is 0 Å². The normalized spacial score (nSPS) is 11.8. The highest BCUT2D eigenvalue weighted by Crippen LogP contribution is 2.16. The van der Waals surface area contributed by atoms with Crippen LogP contribution < -0.4 is 10.6 Å². The monoisotopic (exact) mass is 293 g/mol. The van der Waals surface area contributed by atoms with Gasteiger partial charge >= 0.3 is 0 Å². The van der Waals surface area contributed by atoms with Crippen LogP contribution in [0.25, 0.3) is 0 Å². The number of anilines is 1. The summed E-state index contributed by atoms with van der Waals surface area (Å²) < 4.78 is 26.3. The largest absolute Gasteiger partial charge is 0.356 e. The highest BCUT2D eigenvalue weighted by molar-refractivity contribution is 7.80. The van der Waals surface area contributed by atoms with Crippen LogP contribution in [-0.4, -0.2) is 10.1 Å². The Hall–Kier alpha value is -2.08. The van der Waals surface area contributed by atoms with Crippen LogP contribution in [0.4, 0.5) is 14.5 Å². The lowest BCUT2D eigenvalue weighted by Crippen LogP contribution is -2.31. The summed E-state index contributed by atoms with van der Waals surface area (Å²) in [5, 5.41) is 5.98. The number of hydrogen-bond donors (Lipinski definition) is 2. The molecule has 0 aliphatic rings. The van der Waals surface area contributed by atoms with Gasteiger partial charge in [-0.1, -0.05) is 0 Å². The van der Waals surface area contributed by atoms with Crippen LogP contribution in [0.3, 0.4) is 0 Å². The molecule has 1 aromatic heterocycles. The van der Waals surface area contributed by atoms with Gasteiger partial charge in [0.2, 0.25) is 0 Å². The third kappa shape index (κ3) is 3.71. The molecule has 1 aromatic carbocycles. The van der Waals surface area contributed by atoms with Crippen LogP contribution >= 0.6 is 12.2 Å². The molecule has 0 aliphatic heterocycles. The summed E-state index contributed by atoms with van der Waals surface area (Å²) in [4.78, 5) is 3.93. The zero-order valence-corrected chi connectivity index (χ0v) is 11.5. The maximum atomic E-state index is 13.5. The molecule has 0 amide bonds. The first-order valence-electron chi connectivity index (χ1n) is 5.99. The minimum absolute atomic E-state index is 0.0542. The van der Waals surface area contributed by atoms with Gasteiger partial charge in [-0.25, -0.2) is 8.78 Å². The van der Waals surface area contributed by atoms with Crippen LogP contribution in [0.2, 0.25) is 0 Å². The number of aromatic nitrogens is 1. The molecule has 2 aromatic rings. The average molecular weight is 293 g/mol. The predicted molar refractivity (Wildman–Crippen MR) is 78.4 cm³/mol. The minimum Gasteiger partial charge on any atom is -0.356 e. The van der Waals surface area contributed by atoms with Crippen LogP contribution in [-0.2, 0) is 0 Å².